The molecule has 0 saturated heterocycles. The number of phenols is 1. The van der Waals surface area contributed by atoms with Gasteiger partial charge in [0.25, 0.3) is 0 Å². The number of hydrogen-bond acceptors (Lipinski definition) is 3. The number of phenolic OH excluding ortho intramolecular Hbond substituents is 1. The van der Waals surface area contributed by atoms with Crippen LogP contribution >= 0.6 is 0 Å². The summed E-state index contributed by atoms with van der Waals surface area (Å²) in [7, 11) is 2.02. The topological polar surface area (TPSA) is 35.8 Å². The van der Waals surface area contributed by atoms with E-state index in [1.165, 1.54) is 0 Å². The molecule has 80 valence electrons. The summed E-state index contributed by atoms with van der Waals surface area (Å²) in [6.45, 7) is 6.01. The van der Waals surface area contributed by atoms with E-state index in [0.29, 0.717) is 5.75 Å². The maximum atomic E-state index is 9.68. The van der Waals surface area contributed by atoms with Gasteiger partial charge in [-0.2, -0.15) is 0 Å². The molecular formula is C12H16N2O. The van der Waals surface area contributed by atoms with Crippen molar-refractivity contribution in [2.45, 2.75) is 26.8 Å². The molecule has 0 aromatic heterocycles. The van der Waals surface area contributed by atoms with Gasteiger partial charge in [0.15, 0.2) is 0 Å². The third-order valence-electron chi connectivity index (χ3n) is 3.17. The Labute approximate surface area is 90.1 Å². The van der Waals surface area contributed by atoms with Crippen LogP contribution in [0.25, 0.3) is 0 Å². The molecule has 2 rings (SSSR count). The van der Waals surface area contributed by atoms with Crippen molar-refractivity contribution in [3.05, 3.63) is 23.3 Å². The molecule has 1 aromatic carbocycles. The summed E-state index contributed by atoms with van der Waals surface area (Å²) in [5.74, 6) is 1.36. The molecule has 1 aromatic rings. The summed E-state index contributed by atoms with van der Waals surface area (Å²) >= 11 is 0. The molecule has 1 unspecified atom stereocenters. The summed E-state index contributed by atoms with van der Waals surface area (Å²) in [5, 5.41) is 9.68. The molecule has 0 saturated carbocycles. The van der Waals surface area contributed by atoms with Crippen LogP contribution in [-0.2, 0) is 0 Å². The van der Waals surface area contributed by atoms with E-state index in [1.54, 1.807) is 0 Å². The SMILES string of the molecule is CC1=Nc2cc(C)c(O)cc2C(C)N1C. The Morgan fingerprint density at radius 3 is 2.67 bits per heavy atom. The average molecular weight is 204 g/mol. The van der Waals surface area contributed by atoms with Gasteiger partial charge in [-0.1, -0.05) is 0 Å². The van der Waals surface area contributed by atoms with Gasteiger partial charge in [-0.05, 0) is 38.5 Å². The zero-order valence-electron chi connectivity index (χ0n) is 9.57. The van der Waals surface area contributed by atoms with Gasteiger partial charge in [0.2, 0.25) is 0 Å². The second-order valence-corrected chi connectivity index (χ2v) is 4.14. The molecule has 3 heteroatoms. The fraction of sp³-hybridized carbons (Fsp3) is 0.417. The number of fused-ring (bicyclic) bond motifs is 1. The molecular weight excluding hydrogens is 188 g/mol. The van der Waals surface area contributed by atoms with Crippen LogP contribution in [0.1, 0.15) is 31.0 Å². The number of nitrogens with zero attached hydrogens (tertiary/aromatic N) is 2. The van der Waals surface area contributed by atoms with Crippen LogP contribution in [-0.4, -0.2) is 22.9 Å². The Kier molecular flexibility index (Phi) is 2.18. The molecule has 0 bridgehead atoms. The zero-order valence-corrected chi connectivity index (χ0v) is 9.57. The van der Waals surface area contributed by atoms with E-state index in [9.17, 15) is 5.11 Å². The lowest BCUT2D eigenvalue weighted by molar-refractivity contribution is 0.391. The molecule has 0 fully saturated rings. The van der Waals surface area contributed by atoms with Gasteiger partial charge in [-0.3, -0.25) is 0 Å². The van der Waals surface area contributed by atoms with Gasteiger partial charge < -0.3 is 10.0 Å². The van der Waals surface area contributed by atoms with Crippen molar-refractivity contribution in [1.29, 1.82) is 0 Å². The predicted molar refractivity (Wildman–Crippen MR) is 61.8 cm³/mol. The van der Waals surface area contributed by atoms with Crippen LogP contribution in [0.15, 0.2) is 17.1 Å². The number of aromatic hydroxyl groups is 1. The van der Waals surface area contributed by atoms with Gasteiger partial charge in [0.05, 0.1) is 11.7 Å². The lowest BCUT2D eigenvalue weighted by atomic mass is 10.0. The molecule has 0 amide bonds. The quantitative estimate of drug-likeness (QED) is 0.705. The second kappa shape index (κ2) is 3.26. The molecule has 1 aliphatic rings. The van der Waals surface area contributed by atoms with E-state index >= 15 is 0 Å². The van der Waals surface area contributed by atoms with Gasteiger partial charge in [-0.25, -0.2) is 4.99 Å². The maximum Gasteiger partial charge on any atom is 0.118 e. The lowest BCUT2D eigenvalue weighted by Crippen LogP contribution is -2.30. The Hall–Kier alpha value is -1.51. The van der Waals surface area contributed by atoms with E-state index in [2.05, 4.69) is 16.8 Å². The van der Waals surface area contributed by atoms with Gasteiger partial charge in [0.1, 0.15) is 11.6 Å². The minimum atomic E-state index is 0.268. The molecule has 1 N–H and O–H groups in total. The Morgan fingerprint density at radius 1 is 1.33 bits per heavy atom. The first kappa shape index (κ1) is 10.0. The highest BCUT2D eigenvalue weighted by Crippen LogP contribution is 2.37. The van der Waals surface area contributed by atoms with E-state index in [0.717, 1.165) is 22.6 Å². The molecule has 15 heavy (non-hydrogen) atoms. The Morgan fingerprint density at radius 2 is 2.00 bits per heavy atom. The first-order chi connectivity index (χ1) is 7.00. The van der Waals surface area contributed by atoms with Crippen LogP contribution in [0.5, 0.6) is 5.75 Å². The van der Waals surface area contributed by atoms with E-state index in [4.69, 9.17) is 0 Å². The highest BCUT2D eigenvalue weighted by atomic mass is 16.3. The average Bonchev–Trinajstić information content (AvgIpc) is 2.19. The summed E-state index contributed by atoms with van der Waals surface area (Å²) in [4.78, 5) is 6.62. The number of hydrogen-bond donors (Lipinski definition) is 1. The molecule has 0 spiro atoms. The minimum absolute atomic E-state index is 0.268. The van der Waals surface area contributed by atoms with Crippen LogP contribution in [0.4, 0.5) is 5.69 Å². The summed E-state index contributed by atoms with van der Waals surface area (Å²) in [5.41, 5.74) is 2.95. The first-order valence-electron chi connectivity index (χ1n) is 5.12. The number of aliphatic imine (C=N–C) groups is 1. The van der Waals surface area contributed by atoms with Crippen molar-refractivity contribution in [2.24, 2.45) is 4.99 Å². The van der Waals surface area contributed by atoms with Crippen LogP contribution in [0.3, 0.4) is 0 Å². The summed E-state index contributed by atoms with van der Waals surface area (Å²) in [6, 6.07) is 4.03. The third-order valence-corrected chi connectivity index (χ3v) is 3.17. The smallest absolute Gasteiger partial charge is 0.118 e. The van der Waals surface area contributed by atoms with Gasteiger partial charge in [-0.15, -0.1) is 0 Å². The van der Waals surface area contributed by atoms with Crippen molar-refractivity contribution in [3.8, 4) is 5.75 Å². The van der Waals surface area contributed by atoms with E-state index < -0.39 is 0 Å². The molecule has 1 atom stereocenters. The number of benzene rings is 1. The van der Waals surface area contributed by atoms with Crippen molar-refractivity contribution in [2.75, 3.05) is 7.05 Å². The van der Waals surface area contributed by atoms with Crippen molar-refractivity contribution >= 4 is 11.5 Å². The van der Waals surface area contributed by atoms with E-state index in [1.807, 2.05) is 33.0 Å². The molecule has 1 aliphatic heterocycles. The standard InChI is InChI=1S/C12H16N2O/c1-7-5-11-10(6-12(7)15)8(2)14(4)9(3)13-11/h5-6,8,15H,1-4H3. The maximum absolute atomic E-state index is 9.68. The fourth-order valence-electron chi connectivity index (χ4n) is 1.87. The first-order valence-corrected chi connectivity index (χ1v) is 5.12. The number of amidine groups is 1. The van der Waals surface area contributed by atoms with Crippen LogP contribution in [0.2, 0.25) is 0 Å². The monoisotopic (exact) mass is 204 g/mol. The number of rotatable bonds is 0. The number of aryl methyl sites for hydroxylation is 1. The Bertz CT molecular complexity index is 437. The highest BCUT2D eigenvalue weighted by Gasteiger charge is 2.22. The summed E-state index contributed by atoms with van der Waals surface area (Å²) < 4.78 is 0. The normalized spacial score (nSPS) is 19.9. The minimum Gasteiger partial charge on any atom is -0.508 e. The summed E-state index contributed by atoms with van der Waals surface area (Å²) in [6.07, 6.45) is 0. The van der Waals surface area contributed by atoms with E-state index in [-0.39, 0.29) is 6.04 Å². The third kappa shape index (κ3) is 1.48. The van der Waals surface area contributed by atoms with Crippen molar-refractivity contribution in [3.63, 3.8) is 0 Å². The predicted octanol–water partition coefficient (Wildman–Crippen LogP) is 2.76. The van der Waals surface area contributed by atoms with Crippen LogP contribution in [0, 0.1) is 6.92 Å². The molecule has 1 heterocycles. The van der Waals surface area contributed by atoms with Gasteiger partial charge in [0, 0.05) is 12.6 Å². The Balaban J connectivity index is 2.62. The van der Waals surface area contributed by atoms with Gasteiger partial charge >= 0.3 is 0 Å². The largest absolute Gasteiger partial charge is 0.508 e. The fourth-order valence-corrected chi connectivity index (χ4v) is 1.87. The van der Waals surface area contributed by atoms with Crippen molar-refractivity contribution < 1.29 is 5.11 Å². The molecule has 0 aliphatic carbocycles. The van der Waals surface area contributed by atoms with Crippen LogP contribution < -0.4 is 0 Å². The highest BCUT2D eigenvalue weighted by molar-refractivity contribution is 5.85. The lowest BCUT2D eigenvalue weighted by Gasteiger charge is -2.32. The van der Waals surface area contributed by atoms with Crippen molar-refractivity contribution in [1.82, 2.24) is 4.90 Å². The molecule has 0 radical (unpaired) electrons. The zero-order chi connectivity index (χ0) is 11.2. The second-order valence-electron chi connectivity index (χ2n) is 4.14. The molecule has 3 nitrogen and oxygen atoms in total.